The van der Waals surface area contributed by atoms with Gasteiger partial charge in [-0.25, -0.2) is 0 Å². The molecule has 2 saturated heterocycles. The number of nitrogens with one attached hydrogen (secondary N) is 3. The summed E-state index contributed by atoms with van der Waals surface area (Å²) in [7, 11) is -1.27. The average Bonchev–Trinajstić information content (AvgIpc) is 3.28. The summed E-state index contributed by atoms with van der Waals surface area (Å²) in [5.41, 5.74) is 2.34. The highest BCUT2D eigenvalue weighted by Gasteiger charge is 2.27. The SMILES string of the molecule is COc1cc(N2CCCCS2(O)O)ccc1Nc1nc(NC2CCOCC2)c2c(C#N)c[nH]c2n1. The topological polar surface area (TPSA) is 152 Å². The maximum Gasteiger partial charge on any atom is 0.231 e. The van der Waals surface area contributed by atoms with E-state index in [4.69, 9.17) is 14.5 Å². The van der Waals surface area contributed by atoms with Crippen molar-refractivity contribution in [3.8, 4) is 11.8 Å². The summed E-state index contributed by atoms with van der Waals surface area (Å²) in [6, 6.07) is 7.81. The van der Waals surface area contributed by atoms with E-state index in [2.05, 4.69) is 26.7 Å². The third-order valence-electron chi connectivity index (χ3n) is 6.32. The van der Waals surface area contributed by atoms with Gasteiger partial charge in [-0.05, 0) is 37.8 Å². The molecule has 186 valence electrons. The molecule has 0 aliphatic carbocycles. The maximum absolute atomic E-state index is 10.5. The van der Waals surface area contributed by atoms with Crippen LogP contribution in [0.1, 0.15) is 31.2 Å². The van der Waals surface area contributed by atoms with Crippen LogP contribution in [0.4, 0.5) is 23.1 Å². The molecule has 3 aromatic rings. The number of methoxy groups -OCH3 is 1. The monoisotopic (exact) mass is 499 g/mol. The van der Waals surface area contributed by atoms with Gasteiger partial charge >= 0.3 is 0 Å². The number of nitrogens with zero attached hydrogens (tertiary/aromatic N) is 4. The Morgan fingerprint density at radius 3 is 2.83 bits per heavy atom. The van der Waals surface area contributed by atoms with Gasteiger partial charge in [0.2, 0.25) is 5.95 Å². The first kappa shape index (κ1) is 23.5. The molecule has 0 unspecified atom stereocenters. The molecule has 0 radical (unpaired) electrons. The van der Waals surface area contributed by atoms with Crippen LogP contribution in [0.15, 0.2) is 24.4 Å². The predicted molar refractivity (Wildman–Crippen MR) is 137 cm³/mol. The van der Waals surface area contributed by atoms with E-state index in [0.717, 1.165) is 25.7 Å². The molecular formula is C23H29N7O4S. The van der Waals surface area contributed by atoms with E-state index >= 15 is 0 Å². The van der Waals surface area contributed by atoms with Crippen molar-refractivity contribution in [3.05, 3.63) is 30.0 Å². The van der Waals surface area contributed by atoms with Gasteiger partial charge in [0.1, 0.15) is 23.3 Å². The van der Waals surface area contributed by atoms with Crippen LogP contribution in [0.5, 0.6) is 5.75 Å². The largest absolute Gasteiger partial charge is 0.494 e. The molecule has 0 bridgehead atoms. The van der Waals surface area contributed by atoms with E-state index < -0.39 is 10.8 Å². The van der Waals surface area contributed by atoms with Crippen LogP contribution in [0.25, 0.3) is 11.0 Å². The molecule has 5 N–H and O–H groups in total. The number of aromatic amines is 1. The highest BCUT2D eigenvalue weighted by atomic mass is 32.3. The number of H-pyrrole nitrogens is 1. The van der Waals surface area contributed by atoms with Crippen molar-refractivity contribution in [2.24, 2.45) is 0 Å². The van der Waals surface area contributed by atoms with Gasteiger partial charge in [-0.15, -0.1) is 10.8 Å². The molecule has 11 nitrogen and oxygen atoms in total. The minimum Gasteiger partial charge on any atom is -0.494 e. The van der Waals surface area contributed by atoms with Crippen LogP contribution in [-0.2, 0) is 4.74 Å². The Labute approximate surface area is 205 Å². The van der Waals surface area contributed by atoms with Gasteiger partial charge in [0, 0.05) is 38.1 Å². The van der Waals surface area contributed by atoms with Crippen molar-refractivity contribution in [1.82, 2.24) is 15.0 Å². The fourth-order valence-electron chi connectivity index (χ4n) is 4.48. The number of benzene rings is 1. The first-order valence-corrected chi connectivity index (χ1v) is 13.3. The van der Waals surface area contributed by atoms with Crippen LogP contribution in [-0.4, -0.2) is 62.7 Å². The number of hydrogen-bond acceptors (Lipinski definition) is 10. The van der Waals surface area contributed by atoms with Gasteiger partial charge < -0.3 is 25.1 Å². The minimum atomic E-state index is -2.83. The number of anilines is 4. The Hall–Kier alpha value is -3.24. The highest BCUT2D eigenvalue weighted by molar-refractivity contribution is 8.25. The molecule has 35 heavy (non-hydrogen) atoms. The zero-order valence-electron chi connectivity index (χ0n) is 19.5. The number of ether oxygens (including phenoxy) is 2. The summed E-state index contributed by atoms with van der Waals surface area (Å²) < 4.78 is 33.7. The lowest BCUT2D eigenvalue weighted by Gasteiger charge is -2.47. The first-order chi connectivity index (χ1) is 17.0. The van der Waals surface area contributed by atoms with E-state index in [9.17, 15) is 14.4 Å². The van der Waals surface area contributed by atoms with E-state index in [-0.39, 0.29) is 6.04 Å². The summed E-state index contributed by atoms with van der Waals surface area (Å²) in [5.74, 6) is 1.81. The molecule has 4 heterocycles. The zero-order chi connectivity index (χ0) is 24.4. The van der Waals surface area contributed by atoms with Crippen LogP contribution in [0, 0.1) is 11.3 Å². The van der Waals surface area contributed by atoms with Crippen molar-refractivity contribution in [3.63, 3.8) is 0 Å². The van der Waals surface area contributed by atoms with Crippen LogP contribution >= 0.6 is 10.8 Å². The summed E-state index contributed by atoms with van der Waals surface area (Å²) in [5, 5.41) is 16.9. The van der Waals surface area contributed by atoms with Gasteiger partial charge in [-0.2, -0.15) is 15.2 Å². The molecule has 0 spiro atoms. The lowest BCUT2D eigenvalue weighted by Crippen LogP contribution is -2.34. The van der Waals surface area contributed by atoms with Crippen molar-refractivity contribution in [2.45, 2.75) is 31.7 Å². The smallest absolute Gasteiger partial charge is 0.231 e. The minimum absolute atomic E-state index is 0.189. The van der Waals surface area contributed by atoms with Crippen molar-refractivity contribution < 1.29 is 18.6 Å². The summed E-state index contributed by atoms with van der Waals surface area (Å²) in [4.78, 5) is 12.3. The fraction of sp³-hybridized carbons (Fsp3) is 0.435. The molecule has 0 amide bonds. The molecule has 1 aromatic carbocycles. The maximum atomic E-state index is 10.5. The molecule has 2 aliphatic rings. The van der Waals surface area contributed by atoms with Crippen molar-refractivity contribution >= 4 is 45.0 Å². The molecule has 2 aliphatic heterocycles. The van der Waals surface area contributed by atoms with Crippen LogP contribution in [0.2, 0.25) is 0 Å². The van der Waals surface area contributed by atoms with E-state index in [0.29, 0.717) is 71.0 Å². The van der Waals surface area contributed by atoms with Gasteiger partial charge in [0.15, 0.2) is 0 Å². The Morgan fingerprint density at radius 1 is 1.26 bits per heavy atom. The molecule has 5 rings (SSSR count). The number of rotatable bonds is 6. The Balaban J connectivity index is 1.46. The number of hydrogen-bond donors (Lipinski definition) is 5. The van der Waals surface area contributed by atoms with E-state index in [1.54, 1.807) is 23.7 Å². The second kappa shape index (κ2) is 9.79. The van der Waals surface area contributed by atoms with Gasteiger partial charge in [-0.1, -0.05) is 0 Å². The normalized spacial score (nSPS) is 19.2. The average molecular weight is 500 g/mol. The first-order valence-electron chi connectivity index (χ1n) is 11.6. The Morgan fingerprint density at radius 2 is 2.09 bits per heavy atom. The summed E-state index contributed by atoms with van der Waals surface area (Å²) >= 11 is 0. The third kappa shape index (κ3) is 4.81. The quantitative estimate of drug-likeness (QED) is 0.329. The van der Waals surface area contributed by atoms with Gasteiger partial charge in [-0.3, -0.25) is 13.4 Å². The molecule has 0 saturated carbocycles. The Bertz CT molecular complexity index is 1250. The lowest BCUT2D eigenvalue weighted by atomic mass is 10.1. The molecule has 2 aromatic heterocycles. The van der Waals surface area contributed by atoms with Crippen molar-refractivity contribution in [1.29, 1.82) is 5.26 Å². The summed E-state index contributed by atoms with van der Waals surface area (Å²) in [6.07, 6.45) is 5.03. The molecule has 0 atom stereocenters. The molecular weight excluding hydrogens is 470 g/mol. The number of nitriles is 1. The second-order valence-electron chi connectivity index (χ2n) is 8.62. The number of fused-ring (bicyclic) bond motifs is 1. The lowest BCUT2D eigenvalue weighted by molar-refractivity contribution is 0.0904. The zero-order valence-corrected chi connectivity index (χ0v) is 20.3. The van der Waals surface area contributed by atoms with E-state index in [1.807, 2.05) is 12.1 Å². The second-order valence-corrected chi connectivity index (χ2v) is 10.7. The van der Waals surface area contributed by atoms with E-state index in [1.165, 1.54) is 0 Å². The van der Waals surface area contributed by atoms with Crippen LogP contribution < -0.4 is 19.7 Å². The van der Waals surface area contributed by atoms with Crippen LogP contribution in [0.3, 0.4) is 0 Å². The molecule has 2 fully saturated rings. The van der Waals surface area contributed by atoms with Crippen molar-refractivity contribution in [2.75, 3.05) is 47.6 Å². The highest BCUT2D eigenvalue weighted by Crippen LogP contribution is 2.50. The summed E-state index contributed by atoms with van der Waals surface area (Å²) in [6.45, 7) is 1.94. The van der Waals surface area contributed by atoms with Gasteiger partial charge in [0.05, 0.1) is 35.2 Å². The fourth-order valence-corrected chi connectivity index (χ4v) is 6.17. The predicted octanol–water partition coefficient (Wildman–Crippen LogP) is 4.44. The molecule has 12 heteroatoms. The van der Waals surface area contributed by atoms with Gasteiger partial charge in [0.25, 0.3) is 0 Å². The standard InChI is InChI=1S/C23H29N7O4S/c1-33-19-12-17(30-8-2-3-11-35(30,31)32)4-5-18(19)27-23-28-21-20(15(13-24)14-25-21)22(29-23)26-16-6-9-34-10-7-16/h4-5,12,14,16,31-32H,2-3,6-11H2,1H3,(H3,25,26,27,28,29). The Kier molecular flexibility index (Phi) is 6.57. The number of aromatic nitrogens is 3. The third-order valence-corrected chi connectivity index (χ3v) is 8.25.